The Bertz CT molecular complexity index is 302. The Labute approximate surface area is 96.1 Å². The second kappa shape index (κ2) is 6.80. The van der Waals surface area contributed by atoms with Crippen LogP contribution in [0.4, 0.5) is 0 Å². The van der Waals surface area contributed by atoms with Crippen LogP contribution in [0.1, 0.15) is 30.6 Å². The van der Waals surface area contributed by atoms with Crippen LogP contribution in [0.3, 0.4) is 0 Å². The first-order valence-electron chi connectivity index (χ1n) is 5.29. The average Bonchev–Trinajstić information content (AvgIpc) is 2.18. The topological polar surface area (TPSA) is 37.8 Å². The van der Waals surface area contributed by atoms with E-state index in [0.717, 1.165) is 42.5 Å². The first-order valence-corrected chi connectivity index (χ1v) is 6.68. The van der Waals surface area contributed by atoms with Crippen LogP contribution < -0.4 is 5.32 Å². The van der Waals surface area contributed by atoms with Crippen LogP contribution in [0.25, 0.3) is 0 Å². The van der Waals surface area contributed by atoms with Crippen LogP contribution in [0.2, 0.25) is 0 Å². The molecule has 4 heteroatoms. The summed E-state index contributed by atoms with van der Waals surface area (Å²) < 4.78 is 0. The van der Waals surface area contributed by atoms with E-state index >= 15 is 0 Å². The fourth-order valence-corrected chi connectivity index (χ4v) is 1.76. The molecule has 0 aliphatic heterocycles. The largest absolute Gasteiger partial charge is 0.311 e. The van der Waals surface area contributed by atoms with Gasteiger partial charge in [0.2, 0.25) is 0 Å². The van der Waals surface area contributed by atoms with Gasteiger partial charge >= 0.3 is 0 Å². The molecule has 0 aliphatic rings. The van der Waals surface area contributed by atoms with Gasteiger partial charge in [-0.2, -0.15) is 11.8 Å². The van der Waals surface area contributed by atoms with Crippen molar-refractivity contribution in [3.8, 4) is 0 Å². The summed E-state index contributed by atoms with van der Waals surface area (Å²) in [5.41, 5.74) is 2.15. The van der Waals surface area contributed by atoms with E-state index < -0.39 is 0 Å². The summed E-state index contributed by atoms with van der Waals surface area (Å²) >= 11 is 1.76. The monoisotopic (exact) mass is 225 g/mol. The molecule has 0 saturated heterocycles. The van der Waals surface area contributed by atoms with Gasteiger partial charge in [0, 0.05) is 12.2 Å². The summed E-state index contributed by atoms with van der Waals surface area (Å²) in [5.74, 6) is 1.83. The van der Waals surface area contributed by atoms with Gasteiger partial charge in [0.05, 0.1) is 11.4 Å². The highest BCUT2D eigenvalue weighted by Gasteiger charge is 2.01. The van der Waals surface area contributed by atoms with Crippen molar-refractivity contribution >= 4 is 11.8 Å². The minimum atomic E-state index is 0.846. The molecule has 15 heavy (non-hydrogen) atoms. The molecular weight excluding hydrogens is 206 g/mol. The van der Waals surface area contributed by atoms with Gasteiger partial charge in [-0.3, -0.25) is 0 Å². The molecule has 0 unspecified atom stereocenters. The van der Waals surface area contributed by atoms with Gasteiger partial charge in [0.1, 0.15) is 5.82 Å². The van der Waals surface area contributed by atoms with Crippen molar-refractivity contribution in [2.75, 3.05) is 12.8 Å². The molecule has 0 amide bonds. The fraction of sp³-hybridized carbons (Fsp3) is 0.636. The molecule has 0 aromatic carbocycles. The van der Waals surface area contributed by atoms with Crippen LogP contribution in [0.5, 0.6) is 0 Å². The number of hydrogen-bond donors (Lipinski definition) is 1. The Morgan fingerprint density at radius 2 is 2.20 bits per heavy atom. The van der Waals surface area contributed by atoms with Crippen LogP contribution in [0.15, 0.2) is 6.07 Å². The molecule has 0 fully saturated rings. The number of rotatable bonds is 6. The van der Waals surface area contributed by atoms with Crippen molar-refractivity contribution in [3.63, 3.8) is 0 Å². The molecule has 0 atom stereocenters. The number of nitrogens with zero attached hydrogens (tertiary/aromatic N) is 2. The molecular formula is C11H19N3S. The molecule has 1 aromatic rings. The maximum Gasteiger partial charge on any atom is 0.138 e. The smallest absolute Gasteiger partial charge is 0.138 e. The Morgan fingerprint density at radius 3 is 2.87 bits per heavy atom. The molecule has 84 valence electrons. The highest BCUT2D eigenvalue weighted by atomic mass is 32.2. The summed E-state index contributed by atoms with van der Waals surface area (Å²) in [7, 11) is 0. The number of hydrogen-bond acceptors (Lipinski definition) is 4. The standard InChI is InChI=1S/C11H19N3S/c1-4-5-12-7-10-6-9(2)13-11(14-10)8-15-3/h6,12H,4-5,7-8H2,1-3H3. The molecule has 0 radical (unpaired) electrons. The average molecular weight is 225 g/mol. The Balaban J connectivity index is 2.62. The third kappa shape index (κ3) is 4.62. The van der Waals surface area contributed by atoms with E-state index in [4.69, 9.17) is 0 Å². The minimum absolute atomic E-state index is 0.846. The van der Waals surface area contributed by atoms with Crippen molar-refractivity contribution < 1.29 is 0 Å². The van der Waals surface area contributed by atoms with Crippen LogP contribution in [0, 0.1) is 6.92 Å². The quantitative estimate of drug-likeness (QED) is 0.753. The zero-order valence-corrected chi connectivity index (χ0v) is 10.5. The molecule has 0 spiro atoms. The fourth-order valence-electron chi connectivity index (χ4n) is 1.38. The number of aryl methyl sites for hydroxylation is 1. The van der Waals surface area contributed by atoms with Crippen LogP contribution >= 0.6 is 11.8 Å². The highest BCUT2D eigenvalue weighted by molar-refractivity contribution is 7.97. The first-order chi connectivity index (χ1) is 7.26. The van der Waals surface area contributed by atoms with Gasteiger partial charge in [-0.05, 0) is 32.2 Å². The number of aromatic nitrogens is 2. The lowest BCUT2D eigenvalue weighted by molar-refractivity contribution is 0.659. The first kappa shape index (κ1) is 12.5. The Kier molecular flexibility index (Phi) is 5.65. The lowest BCUT2D eigenvalue weighted by atomic mass is 10.3. The zero-order valence-electron chi connectivity index (χ0n) is 9.71. The maximum absolute atomic E-state index is 4.50. The summed E-state index contributed by atoms with van der Waals surface area (Å²) in [5, 5.41) is 3.35. The predicted octanol–water partition coefficient (Wildman–Crippen LogP) is 2.15. The van der Waals surface area contributed by atoms with E-state index in [1.54, 1.807) is 11.8 Å². The predicted molar refractivity (Wildman–Crippen MR) is 66.0 cm³/mol. The zero-order chi connectivity index (χ0) is 11.1. The summed E-state index contributed by atoms with van der Waals surface area (Å²) in [4.78, 5) is 8.89. The molecule has 3 nitrogen and oxygen atoms in total. The Hall–Kier alpha value is -0.610. The second-order valence-electron chi connectivity index (χ2n) is 3.53. The number of nitrogens with one attached hydrogen (secondary N) is 1. The van der Waals surface area contributed by atoms with Crippen molar-refractivity contribution in [1.82, 2.24) is 15.3 Å². The molecule has 1 heterocycles. The van der Waals surface area contributed by atoms with Gasteiger partial charge in [-0.25, -0.2) is 9.97 Å². The third-order valence-corrected chi connectivity index (χ3v) is 2.51. The van der Waals surface area contributed by atoms with Crippen LogP contribution in [-0.4, -0.2) is 22.8 Å². The third-order valence-electron chi connectivity index (χ3n) is 1.96. The van der Waals surface area contributed by atoms with Crippen LogP contribution in [-0.2, 0) is 12.3 Å². The second-order valence-corrected chi connectivity index (χ2v) is 4.39. The Morgan fingerprint density at radius 1 is 1.40 bits per heavy atom. The van der Waals surface area contributed by atoms with Gasteiger partial charge < -0.3 is 5.32 Å². The van der Waals surface area contributed by atoms with E-state index in [0.29, 0.717) is 0 Å². The molecule has 1 N–H and O–H groups in total. The number of thioether (sulfide) groups is 1. The van der Waals surface area contributed by atoms with Gasteiger partial charge in [-0.15, -0.1) is 0 Å². The van der Waals surface area contributed by atoms with Crippen molar-refractivity contribution in [3.05, 3.63) is 23.3 Å². The van der Waals surface area contributed by atoms with E-state index in [9.17, 15) is 0 Å². The maximum atomic E-state index is 4.50. The van der Waals surface area contributed by atoms with Gasteiger partial charge in [-0.1, -0.05) is 6.92 Å². The molecule has 1 aromatic heterocycles. The minimum Gasteiger partial charge on any atom is -0.311 e. The molecule has 1 rings (SSSR count). The molecule has 0 aliphatic carbocycles. The van der Waals surface area contributed by atoms with Crippen molar-refractivity contribution in [1.29, 1.82) is 0 Å². The van der Waals surface area contributed by atoms with Gasteiger partial charge in [0.15, 0.2) is 0 Å². The molecule has 0 saturated carbocycles. The lowest BCUT2D eigenvalue weighted by Crippen LogP contribution is -2.15. The van der Waals surface area contributed by atoms with Crippen molar-refractivity contribution in [2.24, 2.45) is 0 Å². The summed E-state index contributed by atoms with van der Waals surface area (Å²) in [6.07, 6.45) is 3.22. The highest BCUT2D eigenvalue weighted by Crippen LogP contribution is 2.06. The summed E-state index contributed by atoms with van der Waals surface area (Å²) in [6, 6.07) is 2.05. The van der Waals surface area contributed by atoms with E-state index in [-0.39, 0.29) is 0 Å². The van der Waals surface area contributed by atoms with E-state index in [1.807, 2.05) is 13.0 Å². The normalized spacial score (nSPS) is 10.6. The van der Waals surface area contributed by atoms with Crippen molar-refractivity contribution in [2.45, 2.75) is 32.6 Å². The molecule has 0 bridgehead atoms. The van der Waals surface area contributed by atoms with E-state index in [2.05, 4.69) is 28.5 Å². The summed E-state index contributed by atoms with van der Waals surface area (Å²) in [6.45, 7) is 6.08. The van der Waals surface area contributed by atoms with Gasteiger partial charge in [0.25, 0.3) is 0 Å². The SMILES string of the molecule is CCCNCc1cc(C)nc(CSC)n1. The van der Waals surface area contributed by atoms with E-state index in [1.165, 1.54) is 0 Å². The lowest BCUT2D eigenvalue weighted by Gasteiger charge is -2.06.